The van der Waals surface area contributed by atoms with E-state index in [0.717, 1.165) is 12.8 Å². The van der Waals surface area contributed by atoms with E-state index in [1.165, 1.54) is 70.3 Å². The van der Waals surface area contributed by atoms with Crippen LogP contribution in [0.2, 0.25) is 0 Å². The molecule has 0 aliphatic rings. The summed E-state index contributed by atoms with van der Waals surface area (Å²) in [6, 6.07) is 0. The highest BCUT2D eigenvalue weighted by Crippen LogP contribution is 2.35. The van der Waals surface area contributed by atoms with Crippen molar-refractivity contribution in [3.05, 3.63) is 24.3 Å². The molecule has 0 aromatic carbocycles. The number of aliphatic hydroxyl groups excluding tert-OH is 1. The molecule has 0 aromatic rings. The zero-order valence-corrected chi connectivity index (χ0v) is 18.6. The van der Waals surface area contributed by atoms with E-state index in [-0.39, 0.29) is 0 Å². The lowest BCUT2D eigenvalue weighted by Crippen LogP contribution is -2.25. The second-order valence-electron chi connectivity index (χ2n) is 7.14. The van der Waals surface area contributed by atoms with Gasteiger partial charge in [-0.2, -0.15) is 0 Å². The molecule has 0 amide bonds. The Morgan fingerprint density at radius 2 is 1.48 bits per heavy atom. The zero-order chi connectivity index (χ0) is 21.8. The molecule has 0 rings (SSSR count). The first-order chi connectivity index (χ1) is 13.9. The molecule has 29 heavy (non-hydrogen) atoms. The van der Waals surface area contributed by atoms with Crippen LogP contribution in [0.1, 0.15) is 84.0 Å². The van der Waals surface area contributed by atoms with Crippen molar-refractivity contribution in [3.63, 3.8) is 0 Å². The Kier molecular flexibility index (Phi) is 18.4. The van der Waals surface area contributed by atoms with Crippen molar-refractivity contribution in [1.29, 1.82) is 0 Å². The number of rotatable bonds is 19. The van der Waals surface area contributed by atoms with E-state index in [2.05, 4.69) is 11.4 Å². The fourth-order valence-corrected chi connectivity index (χ4v) is 3.10. The van der Waals surface area contributed by atoms with Gasteiger partial charge < -0.3 is 19.6 Å². The van der Waals surface area contributed by atoms with Crippen molar-refractivity contribution in [2.45, 2.75) is 90.1 Å². The summed E-state index contributed by atoms with van der Waals surface area (Å²) >= 11 is 0. The Hall–Kier alpha value is -0.980. The summed E-state index contributed by atoms with van der Waals surface area (Å²) in [5.41, 5.74) is 0. The SMILES string of the molecule is CCCCCCCCCCCCCC=CC=CC(=O)O[C@@H](CO)COP(=O)(O)O. The van der Waals surface area contributed by atoms with Crippen LogP contribution >= 0.6 is 7.82 Å². The predicted molar refractivity (Wildman–Crippen MR) is 114 cm³/mol. The average molecular weight is 435 g/mol. The first-order valence-corrected chi connectivity index (χ1v) is 12.3. The molecule has 0 saturated heterocycles. The van der Waals surface area contributed by atoms with Crippen molar-refractivity contribution in [3.8, 4) is 0 Å². The third-order valence-electron chi connectivity index (χ3n) is 4.37. The molecule has 0 spiro atoms. The van der Waals surface area contributed by atoms with Crippen LogP contribution in [0.4, 0.5) is 0 Å². The number of hydrogen-bond donors (Lipinski definition) is 3. The minimum absolute atomic E-state index is 0.574. The second-order valence-corrected chi connectivity index (χ2v) is 8.38. The van der Waals surface area contributed by atoms with E-state index in [9.17, 15) is 9.36 Å². The molecule has 0 aromatic heterocycles. The van der Waals surface area contributed by atoms with E-state index >= 15 is 0 Å². The molecule has 0 bridgehead atoms. The van der Waals surface area contributed by atoms with Crippen LogP contribution in [-0.4, -0.2) is 40.2 Å². The number of hydrogen-bond acceptors (Lipinski definition) is 5. The largest absolute Gasteiger partial charge is 0.469 e. The summed E-state index contributed by atoms with van der Waals surface area (Å²) in [6.07, 6.45) is 20.7. The minimum atomic E-state index is -4.66. The molecule has 0 aliphatic heterocycles. The number of aliphatic hydroxyl groups is 1. The maximum absolute atomic E-state index is 11.6. The molecule has 1 atom stereocenters. The van der Waals surface area contributed by atoms with Crippen molar-refractivity contribution in [2.75, 3.05) is 13.2 Å². The van der Waals surface area contributed by atoms with Gasteiger partial charge in [0, 0.05) is 6.08 Å². The molecular formula is C21H39O7P. The lowest BCUT2D eigenvalue weighted by molar-refractivity contribution is -0.147. The van der Waals surface area contributed by atoms with Crippen LogP contribution in [0, 0.1) is 0 Å². The van der Waals surface area contributed by atoms with E-state index < -0.39 is 33.1 Å². The first-order valence-electron chi connectivity index (χ1n) is 10.7. The quantitative estimate of drug-likeness (QED) is 0.0878. The lowest BCUT2D eigenvalue weighted by atomic mass is 10.1. The number of carbonyl (C=O) groups excluding carboxylic acids is 1. The van der Waals surface area contributed by atoms with Crippen LogP contribution in [0.25, 0.3) is 0 Å². The van der Waals surface area contributed by atoms with E-state index in [1.807, 2.05) is 6.08 Å². The van der Waals surface area contributed by atoms with Crippen LogP contribution in [-0.2, 0) is 18.6 Å². The minimum Gasteiger partial charge on any atom is -0.454 e. The van der Waals surface area contributed by atoms with Crippen LogP contribution < -0.4 is 0 Å². The van der Waals surface area contributed by atoms with Gasteiger partial charge in [0.05, 0.1) is 13.2 Å². The highest BCUT2D eigenvalue weighted by atomic mass is 31.2. The Morgan fingerprint density at radius 3 is 2.00 bits per heavy atom. The molecule has 170 valence electrons. The van der Waals surface area contributed by atoms with E-state index in [1.54, 1.807) is 12.2 Å². The zero-order valence-electron chi connectivity index (χ0n) is 17.7. The molecular weight excluding hydrogens is 395 g/mol. The van der Waals surface area contributed by atoms with Crippen LogP contribution in [0.3, 0.4) is 0 Å². The fraction of sp³-hybridized carbons (Fsp3) is 0.762. The van der Waals surface area contributed by atoms with Gasteiger partial charge in [-0.1, -0.05) is 89.4 Å². The highest BCUT2D eigenvalue weighted by molar-refractivity contribution is 7.46. The molecule has 0 unspecified atom stereocenters. The maximum atomic E-state index is 11.6. The molecule has 8 heteroatoms. The van der Waals surface area contributed by atoms with Crippen molar-refractivity contribution < 1.29 is 33.5 Å². The lowest BCUT2D eigenvalue weighted by Gasteiger charge is -2.14. The van der Waals surface area contributed by atoms with Gasteiger partial charge in [0.1, 0.15) is 6.10 Å². The van der Waals surface area contributed by atoms with Crippen LogP contribution in [0.15, 0.2) is 24.3 Å². The number of unbranched alkanes of at least 4 members (excludes halogenated alkanes) is 11. The Balaban J connectivity index is 3.64. The summed E-state index contributed by atoms with van der Waals surface area (Å²) in [5, 5.41) is 9.03. The number of ether oxygens (including phenoxy) is 1. The normalized spacial score (nSPS) is 13.4. The molecule has 0 fully saturated rings. The topological polar surface area (TPSA) is 113 Å². The van der Waals surface area contributed by atoms with Gasteiger partial charge >= 0.3 is 13.8 Å². The fourth-order valence-electron chi connectivity index (χ4n) is 2.74. The monoisotopic (exact) mass is 434 g/mol. The average Bonchev–Trinajstić information content (AvgIpc) is 2.67. The van der Waals surface area contributed by atoms with Gasteiger partial charge in [-0.25, -0.2) is 9.36 Å². The Morgan fingerprint density at radius 1 is 0.931 bits per heavy atom. The third kappa shape index (κ3) is 21.5. The number of phosphoric acid groups is 1. The molecule has 0 heterocycles. The summed E-state index contributed by atoms with van der Waals surface area (Å²) in [5.74, 6) is -0.710. The number of carbonyl (C=O) groups is 1. The van der Waals surface area contributed by atoms with Crippen molar-refractivity contribution >= 4 is 13.8 Å². The molecule has 0 radical (unpaired) electrons. The summed E-state index contributed by atoms with van der Waals surface area (Å²) in [4.78, 5) is 28.8. The second kappa shape index (κ2) is 19.0. The van der Waals surface area contributed by atoms with Crippen LogP contribution in [0.5, 0.6) is 0 Å². The van der Waals surface area contributed by atoms with E-state index in [0.29, 0.717) is 0 Å². The maximum Gasteiger partial charge on any atom is 0.469 e. The number of esters is 1. The molecule has 7 nitrogen and oxygen atoms in total. The highest BCUT2D eigenvalue weighted by Gasteiger charge is 2.19. The Labute approximate surface area is 175 Å². The van der Waals surface area contributed by atoms with Gasteiger partial charge in [-0.05, 0) is 12.8 Å². The van der Waals surface area contributed by atoms with Gasteiger partial charge in [-0.3, -0.25) is 4.52 Å². The standard InChI is InChI=1S/C21H39O7P/c1-2-3-4-5-6-7-8-9-10-11-12-13-14-15-16-17-21(23)28-20(18-22)19-27-29(24,25)26/h14-17,20,22H,2-13,18-19H2,1H3,(H2,24,25,26)/t20-/m0/s1. The van der Waals surface area contributed by atoms with Gasteiger partial charge in [0.2, 0.25) is 0 Å². The van der Waals surface area contributed by atoms with Crippen molar-refractivity contribution in [1.82, 2.24) is 0 Å². The number of phosphoric ester groups is 1. The number of allylic oxidation sites excluding steroid dienone is 3. The molecule has 0 saturated carbocycles. The predicted octanol–water partition coefficient (Wildman–Crippen LogP) is 4.81. The van der Waals surface area contributed by atoms with Gasteiger partial charge in [0.25, 0.3) is 0 Å². The first kappa shape index (κ1) is 28.0. The Bertz CT molecular complexity index is 499. The molecule has 3 N–H and O–H groups in total. The third-order valence-corrected chi connectivity index (χ3v) is 4.85. The summed E-state index contributed by atoms with van der Waals surface area (Å²) < 4.78 is 19.6. The summed E-state index contributed by atoms with van der Waals surface area (Å²) in [7, 11) is -4.66. The summed E-state index contributed by atoms with van der Waals surface area (Å²) in [6.45, 7) is 1.08. The smallest absolute Gasteiger partial charge is 0.454 e. The van der Waals surface area contributed by atoms with Gasteiger partial charge in [0.15, 0.2) is 0 Å². The van der Waals surface area contributed by atoms with Gasteiger partial charge in [-0.15, -0.1) is 0 Å². The van der Waals surface area contributed by atoms with Crippen molar-refractivity contribution in [2.24, 2.45) is 0 Å². The molecule has 0 aliphatic carbocycles. The van der Waals surface area contributed by atoms with E-state index in [4.69, 9.17) is 19.6 Å².